The first-order chi connectivity index (χ1) is 13.8. The molecule has 6 heteroatoms. The van der Waals surface area contributed by atoms with Crippen LogP contribution in [0.1, 0.15) is 31.2 Å². The Morgan fingerprint density at radius 3 is 2.71 bits per heavy atom. The molecule has 1 aromatic heterocycles. The summed E-state index contributed by atoms with van der Waals surface area (Å²) in [6.07, 6.45) is 6.73. The van der Waals surface area contributed by atoms with Gasteiger partial charge in [0.1, 0.15) is 0 Å². The second-order valence-corrected chi connectivity index (χ2v) is 7.57. The zero-order valence-electron chi connectivity index (χ0n) is 15.8. The fourth-order valence-electron chi connectivity index (χ4n) is 3.28. The van der Waals surface area contributed by atoms with Crippen molar-refractivity contribution in [2.24, 2.45) is 5.10 Å². The van der Waals surface area contributed by atoms with Crippen molar-refractivity contribution in [3.05, 3.63) is 59.5 Å². The highest BCUT2D eigenvalue weighted by Gasteiger charge is 2.18. The zero-order valence-corrected chi connectivity index (χ0v) is 16.6. The van der Waals surface area contributed by atoms with E-state index in [-0.39, 0.29) is 6.10 Å². The molecule has 0 atom stereocenters. The highest BCUT2D eigenvalue weighted by molar-refractivity contribution is 7.14. The van der Waals surface area contributed by atoms with Gasteiger partial charge in [0.25, 0.3) is 0 Å². The molecule has 2 aromatic carbocycles. The summed E-state index contributed by atoms with van der Waals surface area (Å²) in [5.41, 5.74) is 6.00. The number of methoxy groups -OCH3 is 1. The number of benzene rings is 2. The van der Waals surface area contributed by atoms with Gasteiger partial charge in [0.15, 0.2) is 11.5 Å². The number of hydrogen-bond acceptors (Lipinski definition) is 6. The van der Waals surface area contributed by atoms with Gasteiger partial charge < -0.3 is 9.47 Å². The van der Waals surface area contributed by atoms with E-state index in [2.05, 4.69) is 15.5 Å². The summed E-state index contributed by atoms with van der Waals surface area (Å²) in [5.74, 6) is 1.53. The Morgan fingerprint density at radius 1 is 1.11 bits per heavy atom. The molecule has 0 bridgehead atoms. The molecule has 1 saturated carbocycles. The van der Waals surface area contributed by atoms with E-state index in [1.807, 2.05) is 53.9 Å². The largest absolute Gasteiger partial charge is 0.493 e. The van der Waals surface area contributed by atoms with Gasteiger partial charge in [-0.25, -0.2) is 4.98 Å². The minimum atomic E-state index is 0.283. The number of hydrogen-bond donors (Lipinski definition) is 1. The molecule has 1 fully saturated rings. The van der Waals surface area contributed by atoms with Crippen LogP contribution < -0.4 is 14.9 Å². The lowest BCUT2D eigenvalue weighted by molar-refractivity contribution is 0.201. The first kappa shape index (κ1) is 18.5. The van der Waals surface area contributed by atoms with Gasteiger partial charge in [-0.3, -0.25) is 5.43 Å². The molecule has 0 radical (unpaired) electrons. The predicted molar refractivity (Wildman–Crippen MR) is 115 cm³/mol. The van der Waals surface area contributed by atoms with E-state index >= 15 is 0 Å². The fraction of sp³-hybridized carbons (Fsp3) is 0.273. The van der Waals surface area contributed by atoms with E-state index in [0.29, 0.717) is 0 Å². The van der Waals surface area contributed by atoms with Crippen molar-refractivity contribution in [3.8, 4) is 22.8 Å². The number of ether oxygens (including phenoxy) is 2. The van der Waals surface area contributed by atoms with Crippen LogP contribution in [0.3, 0.4) is 0 Å². The van der Waals surface area contributed by atoms with E-state index in [1.165, 1.54) is 24.2 Å². The van der Waals surface area contributed by atoms with Crippen LogP contribution in [0.5, 0.6) is 11.5 Å². The Bertz CT molecular complexity index is 934. The van der Waals surface area contributed by atoms with Crippen molar-refractivity contribution in [2.75, 3.05) is 12.5 Å². The van der Waals surface area contributed by atoms with Crippen LogP contribution in [-0.2, 0) is 0 Å². The van der Waals surface area contributed by atoms with Crippen LogP contribution in [-0.4, -0.2) is 24.4 Å². The number of thiazole rings is 1. The lowest BCUT2D eigenvalue weighted by atomic mass is 10.2. The fourth-order valence-corrected chi connectivity index (χ4v) is 3.95. The maximum atomic E-state index is 6.14. The molecule has 0 aliphatic heterocycles. The van der Waals surface area contributed by atoms with Crippen LogP contribution in [0, 0.1) is 0 Å². The molecule has 1 N–H and O–H groups in total. The summed E-state index contributed by atoms with van der Waals surface area (Å²) in [5, 5.41) is 7.10. The van der Waals surface area contributed by atoms with E-state index in [9.17, 15) is 0 Å². The summed E-state index contributed by atoms with van der Waals surface area (Å²) >= 11 is 1.53. The van der Waals surface area contributed by atoms with E-state index < -0.39 is 0 Å². The molecule has 1 aliphatic carbocycles. The molecule has 5 nitrogen and oxygen atoms in total. The lowest BCUT2D eigenvalue weighted by Crippen LogP contribution is -2.11. The first-order valence-electron chi connectivity index (χ1n) is 9.46. The van der Waals surface area contributed by atoms with Crippen LogP contribution in [0.25, 0.3) is 11.3 Å². The topological polar surface area (TPSA) is 55.7 Å². The lowest BCUT2D eigenvalue weighted by Gasteiger charge is -2.16. The SMILES string of the molecule is COc1ccc(C=NNc2nc(-c3ccccc3)cs2)cc1OC1CCCC1. The zero-order chi connectivity index (χ0) is 19.2. The maximum Gasteiger partial charge on any atom is 0.203 e. The van der Waals surface area contributed by atoms with E-state index in [1.54, 1.807) is 13.3 Å². The predicted octanol–water partition coefficient (Wildman–Crippen LogP) is 5.59. The molecular formula is C22H23N3O2S. The van der Waals surface area contributed by atoms with Crippen LogP contribution >= 0.6 is 11.3 Å². The Kier molecular flexibility index (Phi) is 5.87. The van der Waals surface area contributed by atoms with Gasteiger partial charge in [-0.15, -0.1) is 11.3 Å². The van der Waals surface area contributed by atoms with Crippen LogP contribution in [0.15, 0.2) is 59.0 Å². The van der Waals surface area contributed by atoms with Gasteiger partial charge in [-0.2, -0.15) is 5.10 Å². The average molecular weight is 394 g/mol. The molecule has 0 spiro atoms. The number of aromatic nitrogens is 1. The molecule has 0 amide bonds. The van der Waals surface area contributed by atoms with Gasteiger partial charge in [0, 0.05) is 10.9 Å². The highest BCUT2D eigenvalue weighted by atomic mass is 32.1. The van der Waals surface area contributed by atoms with Gasteiger partial charge in [-0.1, -0.05) is 30.3 Å². The number of nitrogens with one attached hydrogen (secondary N) is 1. The first-order valence-corrected chi connectivity index (χ1v) is 10.3. The molecule has 1 aliphatic rings. The van der Waals surface area contributed by atoms with E-state index in [0.717, 1.165) is 46.3 Å². The Balaban J connectivity index is 1.42. The van der Waals surface area contributed by atoms with Crippen molar-refractivity contribution in [1.82, 2.24) is 4.98 Å². The summed E-state index contributed by atoms with van der Waals surface area (Å²) < 4.78 is 11.6. The summed E-state index contributed by atoms with van der Waals surface area (Å²) in [7, 11) is 1.67. The number of rotatable bonds is 7. The minimum absolute atomic E-state index is 0.283. The van der Waals surface area contributed by atoms with Gasteiger partial charge >= 0.3 is 0 Å². The van der Waals surface area contributed by atoms with Crippen molar-refractivity contribution < 1.29 is 9.47 Å². The second-order valence-electron chi connectivity index (χ2n) is 6.71. The molecule has 1 heterocycles. The number of anilines is 1. The minimum Gasteiger partial charge on any atom is -0.493 e. The molecule has 3 aromatic rings. The molecule has 4 rings (SSSR count). The monoisotopic (exact) mass is 393 g/mol. The summed E-state index contributed by atoms with van der Waals surface area (Å²) in [6, 6.07) is 16.0. The Hall–Kier alpha value is -2.86. The number of hydrazone groups is 1. The van der Waals surface area contributed by atoms with Crippen LogP contribution in [0.2, 0.25) is 0 Å². The third kappa shape index (κ3) is 4.51. The second kappa shape index (κ2) is 8.89. The molecular weight excluding hydrogens is 370 g/mol. The van der Waals surface area contributed by atoms with Crippen LogP contribution in [0.4, 0.5) is 5.13 Å². The molecule has 0 unspecified atom stereocenters. The quantitative estimate of drug-likeness (QED) is 0.420. The smallest absolute Gasteiger partial charge is 0.203 e. The maximum absolute atomic E-state index is 6.14. The number of nitrogens with zero attached hydrogens (tertiary/aromatic N) is 2. The average Bonchev–Trinajstić information content (AvgIpc) is 3.41. The van der Waals surface area contributed by atoms with Crippen molar-refractivity contribution >= 4 is 22.7 Å². The highest BCUT2D eigenvalue weighted by Crippen LogP contribution is 2.32. The third-order valence-electron chi connectivity index (χ3n) is 4.73. The summed E-state index contributed by atoms with van der Waals surface area (Å²) in [4.78, 5) is 4.57. The van der Waals surface area contributed by atoms with Crippen molar-refractivity contribution in [1.29, 1.82) is 0 Å². The van der Waals surface area contributed by atoms with Gasteiger partial charge in [-0.05, 0) is 49.4 Å². The van der Waals surface area contributed by atoms with Crippen molar-refractivity contribution in [2.45, 2.75) is 31.8 Å². The molecule has 144 valence electrons. The van der Waals surface area contributed by atoms with Gasteiger partial charge in [0.05, 0.1) is 25.1 Å². The normalized spacial score (nSPS) is 14.5. The van der Waals surface area contributed by atoms with Crippen molar-refractivity contribution in [3.63, 3.8) is 0 Å². The third-order valence-corrected chi connectivity index (χ3v) is 5.48. The standard InChI is InChI=1S/C22H23N3O2S/c1-26-20-12-11-16(13-21(20)27-18-9-5-6-10-18)14-23-25-22-24-19(15-28-22)17-7-3-2-4-8-17/h2-4,7-8,11-15,18H,5-6,9-10H2,1H3,(H,24,25). The summed E-state index contributed by atoms with van der Waals surface area (Å²) in [6.45, 7) is 0. The Labute approximate surface area is 169 Å². The van der Waals surface area contributed by atoms with Gasteiger partial charge in [0.2, 0.25) is 5.13 Å². The molecule has 0 saturated heterocycles. The Morgan fingerprint density at radius 2 is 1.93 bits per heavy atom. The van der Waals surface area contributed by atoms with E-state index in [4.69, 9.17) is 9.47 Å². The molecule has 28 heavy (non-hydrogen) atoms.